The average molecular weight is 552 g/mol. The van der Waals surface area contributed by atoms with Gasteiger partial charge in [0.15, 0.2) is 0 Å². The van der Waals surface area contributed by atoms with E-state index in [-0.39, 0.29) is 35.9 Å². The lowest BCUT2D eigenvalue weighted by molar-refractivity contribution is -0.130. The van der Waals surface area contributed by atoms with Crippen molar-refractivity contribution in [2.24, 2.45) is 5.92 Å². The predicted octanol–water partition coefficient (Wildman–Crippen LogP) is 4.88. The Bertz CT molecular complexity index is 768. The Morgan fingerprint density at radius 1 is 0.906 bits per heavy atom. The molecule has 2 saturated carbocycles. The van der Waals surface area contributed by atoms with Crippen molar-refractivity contribution < 1.29 is 9.59 Å². The van der Waals surface area contributed by atoms with E-state index >= 15 is 0 Å². The molecule has 1 saturated heterocycles. The summed E-state index contributed by atoms with van der Waals surface area (Å²) in [6.07, 6.45) is 13.2. The first-order valence-corrected chi connectivity index (χ1v) is 13.8. The Morgan fingerprint density at radius 3 is 2.19 bits per heavy atom. The number of hydrogen-bond donors (Lipinski definition) is 2. The van der Waals surface area contributed by atoms with E-state index in [4.69, 9.17) is 0 Å². The van der Waals surface area contributed by atoms with Crippen LogP contribution < -0.4 is 10.6 Å². The highest BCUT2D eigenvalue weighted by Gasteiger charge is 2.42. The number of hydrogen-bond acceptors (Lipinski definition) is 3. The second-order valence-electron chi connectivity index (χ2n) is 9.86. The van der Waals surface area contributed by atoms with Crippen LogP contribution in [0.3, 0.4) is 0 Å². The van der Waals surface area contributed by atoms with Gasteiger partial charge < -0.3 is 15.5 Å². The third kappa shape index (κ3) is 5.85. The van der Waals surface area contributed by atoms with Crippen LogP contribution in [-0.4, -0.2) is 47.9 Å². The molecule has 1 unspecified atom stereocenters. The molecule has 1 aromatic carbocycles. The largest absolute Gasteiger partial charge is 0.352 e. The molecule has 4 rings (SSSR count). The van der Waals surface area contributed by atoms with Gasteiger partial charge in [0.2, 0.25) is 5.91 Å². The molecule has 176 valence electrons. The van der Waals surface area contributed by atoms with Gasteiger partial charge in [-0.05, 0) is 92.3 Å². The van der Waals surface area contributed by atoms with Gasteiger partial charge >= 0.3 is 0 Å². The average Bonchev–Trinajstić information content (AvgIpc) is 2.84. The summed E-state index contributed by atoms with van der Waals surface area (Å²) in [6.45, 7) is 1.85. The fourth-order valence-corrected chi connectivity index (χ4v) is 6.53. The fraction of sp³-hybridized carbons (Fsp3) is 0.692. The summed E-state index contributed by atoms with van der Waals surface area (Å²) >= 11 is 2.26. The lowest BCUT2D eigenvalue weighted by Crippen LogP contribution is -2.59. The molecule has 6 heteroatoms. The van der Waals surface area contributed by atoms with E-state index in [9.17, 15) is 9.59 Å². The number of amides is 2. The number of benzene rings is 1. The van der Waals surface area contributed by atoms with Gasteiger partial charge in [0.1, 0.15) is 6.04 Å². The molecule has 1 aromatic rings. The zero-order valence-corrected chi connectivity index (χ0v) is 21.3. The van der Waals surface area contributed by atoms with E-state index in [1.165, 1.54) is 25.7 Å². The zero-order chi connectivity index (χ0) is 22.3. The number of halogens is 1. The molecule has 0 spiro atoms. The highest BCUT2D eigenvalue weighted by molar-refractivity contribution is 14.1. The van der Waals surface area contributed by atoms with Crippen molar-refractivity contribution in [3.63, 3.8) is 0 Å². The van der Waals surface area contributed by atoms with Crippen molar-refractivity contribution >= 4 is 34.4 Å². The minimum atomic E-state index is -0.370. The van der Waals surface area contributed by atoms with Crippen LogP contribution in [0.4, 0.5) is 0 Å². The summed E-state index contributed by atoms with van der Waals surface area (Å²) in [5.74, 6) is 0.352. The van der Waals surface area contributed by atoms with Crippen molar-refractivity contribution in [1.82, 2.24) is 15.5 Å². The Hall–Kier alpha value is -1.15. The van der Waals surface area contributed by atoms with E-state index in [0.29, 0.717) is 0 Å². The number of carbonyl (C=O) groups is 2. The third-order valence-corrected chi connectivity index (χ3v) is 8.60. The molecule has 3 aliphatic rings. The van der Waals surface area contributed by atoms with Crippen LogP contribution in [0.25, 0.3) is 0 Å². The monoisotopic (exact) mass is 551 g/mol. The molecule has 2 amide bonds. The van der Waals surface area contributed by atoms with Gasteiger partial charge in [-0.1, -0.05) is 50.7 Å². The predicted molar refractivity (Wildman–Crippen MR) is 137 cm³/mol. The number of nitrogens with zero attached hydrogens (tertiary/aromatic N) is 1. The highest BCUT2D eigenvalue weighted by Crippen LogP contribution is 2.32. The van der Waals surface area contributed by atoms with Crippen LogP contribution in [0.15, 0.2) is 24.3 Å². The first kappa shape index (κ1) is 24.0. The summed E-state index contributed by atoms with van der Waals surface area (Å²) < 4.78 is 0.965. The number of carbonyl (C=O) groups excluding carboxylic acids is 2. The van der Waals surface area contributed by atoms with Crippen molar-refractivity contribution in [3.05, 3.63) is 33.4 Å². The number of piperidine rings is 1. The highest BCUT2D eigenvalue weighted by atomic mass is 127. The Balaban J connectivity index is 1.66. The van der Waals surface area contributed by atoms with Crippen LogP contribution in [0, 0.1) is 9.49 Å². The molecule has 0 aromatic heterocycles. The Labute approximate surface area is 206 Å². The molecule has 1 atom stereocenters. The van der Waals surface area contributed by atoms with Crippen LogP contribution in [0.5, 0.6) is 0 Å². The molecule has 0 radical (unpaired) electrons. The molecule has 2 N–H and O–H groups in total. The lowest BCUT2D eigenvalue weighted by Gasteiger charge is -2.44. The van der Waals surface area contributed by atoms with Gasteiger partial charge in [-0.25, -0.2) is 0 Å². The molecule has 3 fully saturated rings. The third-order valence-electron chi connectivity index (χ3n) is 7.66. The maximum Gasteiger partial charge on any atom is 0.255 e. The van der Waals surface area contributed by atoms with E-state index < -0.39 is 0 Å². The van der Waals surface area contributed by atoms with Crippen LogP contribution in [0.1, 0.15) is 87.4 Å². The van der Waals surface area contributed by atoms with Gasteiger partial charge in [-0.2, -0.15) is 0 Å². The number of rotatable bonds is 6. The van der Waals surface area contributed by atoms with Crippen LogP contribution in [0.2, 0.25) is 0 Å². The van der Waals surface area contributed by atoms with E-state index in [2.05, 4.69) is 33.2 Å². The van der Waals surface area contributed by atoms with Gasteiger partial charge in [-0.3, -0.25) is 9.59 Å². The summed E-state index contributed by atoms with van der Waals surface area (Å²) in [6, 6.07) is 7.89. The first-order valence-electron chi connectivity index (χ1n) is 12.7. The molecular formula is C26H38IN3O2. The summed E-state index contributed by atoms with van der Waals surface area (Å²) in [4.78, 5) is 30.0. The standard InChI is InChI=1S/C26H38IN3O2/c27-23-14-8-7-13-22(23)26(32)30(21-11-5-2-6-12-21)24(19-15-17-28-18-16-19)25(31)29-20-9-3-1-4-10-20/h7-8,13-14,19-21,24,28H,1-6,9-12,15-18H2,(H,29,31). The topological polar surface area (TPSA) is 61.4 Å². The molecule has 0 bridgehead atoms. The maximum atomic E-state index is 14.1. The molecule has 2 aliphatic carbocycles. The summed E-state index contributed by atoms with van der Waals surface area (Å²) in [5.41, 5.74) is 0.739. The molecule has 32 heavy (non-hydrogen) atoms. The second kappa shape index (κ2) is 11.8. The van der Waals surface area contributed by atoms with E-state index in [0.717, 1.165) is 73.6 Å². The van der Waals surface area contributed by atoms with Gasteiger partial charge in [0, 0.05) is 15.7 Å². The normalized spacial score (nSPS) is 22.3. The molecule has 1 heterocycles. The first-order chi connectivity index (χ1) is 15.6. The Kier molecular flexibility index (Phi) is 8.86. The second-order valence-corrected chi connectivity index (χ2v) is 11.0. The zero-order valence-electron chi connectivity index (χ0n) is 19.2. The SMILES string of the molecule is O=C(NC1CCCCC1)C(C1CCNCC1)N(C(=O)c1ccccc1I)C1CCCCC1. The van der Waals surface area contributed by atoms with Crippen molar-refractivity contribution in [2.75, 3.05) is 13.1 Å². The van der Waals surface area contributed by atoms with Crippen molar-refractivity contribution in [2.45, 2.75) is 95.2 Å². The molecular weight excluding hydrogens is 513 g/mol. The van der Waals surface area contributed by atoms with Gasteiger partial charge in [0.25, 0.3) is 5.91 Å². The number of nitrogens with one attached hydrogen (secondary N) is 2. The van der Waals surface area contributed by atoms with E-state index in [1.54, 1.807) is 0 Å². The quantitative estimate of drug-likeness (QED) is 0.496. The van der Waals surface area contributed by atoms with Gasteiger partial charge in [-0.15, -0.1) is 0 Å². The van der Waals surface area contributed by atoms with Gasteiger partial charge in [0.05, 0.1) is 5.56 Å². The lowest BCUT2D eigenvalue weighted by atomic mass is 9.84. The maximum absolute atomic E-state index is 14.1. The Morgan fingerprint density at radius 2 is 1.53 bits per heavy atom. The molecule has 1 aliphatic heterocycles. The summed E-state index contributed by atoms with van der Waals surface area (Å²) in [5, 5.41) is 6.84. The van der Waals surface area contributed by atoms with Crippen LogP contribution in [-0.2, 0) is 4.79 Å². The fourth-order valence-electron chi connectivity index (χ4n) is 5.91. The minimum absolute atomic E-state index is 0.0456. The smallest absolute Gasteiger partial charge is 0.255 e. The summed E-state index contributed by atoms with van der Waals surface area (Å²) in [7, 11) is 0. The van der Waals surface area contributed by atoms with Crippen molar-refractivity contribution in [3.8, 4) is 0 Å². The van der Waals surface area contributed by atoms with E-state index in [1.807, 2.05) is 29.2 Å². The van der Waals surface area contributed by atoms with Crippen LogP contribution >= 0.6 is 22.6 Å². The van der Waals surface area contributed by atoms with Crippen molar-refractivity contribution in [1.29, 1.82) is 0 Å². The minimum Gasteiger partial charge on any atom is -0.352 e. The molecule has 5 nitrogen and oxygen atoms in total.